The molecule has 2 heterocycles. The molecule has 150 valence electrons. The predicted octanol–water partition coefficient (Wildman–Crippen LogP) is 2.91. The highest BCUT2D eigenvalue weighted by Crippen LogP contribution is 2.27. The number of nitrogens with one attached hydrogen (secondary N) is 1. The lowest BCUT2D eigenvalue weighted by molar-refractivity contribution is 0.0383. The standard InChI is InChI=1S/C23H26N4O2/c1-18-21(23(28)24-12-13-26-14-16-29-17-15-26)22(19-8-4-2-5-9-19)25-27(18)20-10-6-3-7-11-20/h2-11H,12-17H2,1H3,(H,24,28). The molecule has 3 aromatic rings. The quantitative estimate of drug-likeness (QED) is 0.703. The second-order valence-corrected chi connectivity index (χ2v) is 7.13. The third-order valence-corrected chi connectivity index (χ3v) is 5.21. The average Bonchev–Trinajstić information content (AvgIpc) is 3.13. The first-order valence-corrected chi connectivity index (χ1v) is 10.0. The molecule has 0 spiro atoms. The van der Waals surface area contributed by atoms with E-state index >= 15 is 0 Å². The fraction of sp³-hybridized carbons (Fsp3) is 0.304. The van der Waals surface area contributed by atoms with E-state index in [1.165, 1.54) is 0 Å². The molecule has 1 saturated heterocycles. The molecule has 2 aromatic carbocycles. The molecular weight excluding hydrogens is 364 g/mol. The van der Waals surface area contributed by atoms with Gasteiger partial charge in [-0.2, -0.15) is 5.10 Å². The molecule has 0 radical (unpaired) electrons. The van der Waals surface area contributed by atoms with Gasteiger partial charge in [-0.15, -0.1) is 0 Å². The molecule has 1 aromatic heterocycles. The molecule has 1 N–H and O–H groups in total. The number of carbonyl (C=O) groups excluding carboxylic acids is 1. The van der Waals surface area contributed by atoms with Gasteiger partial charge in [-0.3, -0.25) is 9.69 Å². The summed E-state index contributed by atoms with van der Waals surface area (Å²) in [5.74, 6) is -0.0863. The summed E-state index contributed by atoms with van der Waals surface area (Å²) in [5, 5.41) is 7.89. The Balaban J connectivity index is 1.60. The normalized spacial score (nSPS) is 14.7. The summed E-state index contributed by atoms with van der Waals surface area (Å²) in [6.45, 7) is 6.71. The summed E-state index contributed by atoms with van der Waals surface area (Å²) in [4.78, 5) is 15.4. The Morgan fingerprint density at radius 3 is 2.38 bits per heavy atom. The summed E-state index contributed by atoms with van der Waals surface area (Å²) >= 11 is 0. The first-order valence-electron chi connectivity index (χ1n) is 10.0. The molecule has 6 heteroatoms. The largest absolute Gasteiger partial charge is 0.379 e. The Kier molecular flexibility index (Phi) is 6.03. The van der Waals surface area contributed by atoms with Crippen LogP contribution in [0.15, 0.2) is 60.7 Å². The van der Waals surface area contributed by atoms with Gasteiger partial charge in [0.05, 0.1) is 30.2 Å². The molecular formula is C23H26N4O2. The van der Waals surface area contributed by atoms with Crippen molar-refractivity contribution in [3.63, 3.8) is 0 Å². The van der Waals surface area contributed by atoms with Crippen LogP contribution < -0.4 is 5.32 Å². The third kappa shape index (κ3) is 4.39. The van der Waals surface area contributed by atoms with Gasteiger partial charge in [-0.05, 0) is 19.1 Å². The van der Waals surface area contributed by atoms with Crippen LogP contribution in [0, 0.1) is 6.92 Å². The maximum Gasteiger partial charge on any atom is 0.255 e. The molecule has 0 bridgehead atoms. The smallest absolute Gasteiger partial charge is 0.255 e. The molecule has 4 rings (SSSR count). The first-order chi connectivity index (χ1) is 14.2. The first kappa shape index (κ1) is 19.4. The van der Waals surface area contributed by atoms with Crippen LogP contribution in [0.25, 0.3) is 16.9 Å². The van der Waals surface area contributed by atoms with Crippen molar-refractivity contribution >= 4 is 5.91 Å². The predicted molar refractivity (Wildman–Crippen MR) is 113 cm³/mol. The van der Waals surface area contributed by atoms with Crippen LogP contribution in [0.3, 0.4) is 0 Å². The second-order valence-electron chi connectivity index (χ2n) is 7.13. The summed E-state index contributed by atoms with van der Waals surface area (Å²) in [6, 6.07) is 19.8. The van der Waals surface area contributed by atoms with Gasteiger partial charge < -0.3 is 10.1 Å². The SMILES string of the molecule is Cc1c(C(=O)NCCN2CCOCC2)c(-c2ccccc2)nn1-c1ccccc1. The molecule has 1 aliphatic heterocycles. The molecule has 29 heavy (non-hydrogen) atoms. The van der Waals surface area contributed by atoms with Crippen molar-refractivity contribution in [2.45, 2.75) is 6.92 Å². The fourth-order valence-corrected chi connectivity index (χ4v) is 3.63. The zero-order valence-electron chi connectivity index (χ0n) is 16.7. The maximum atomic E-state index is 13.1. The van der Waals surface area contributed by atoms with E-state index in [4.69, 9.17) is 9.84 Å². The molecule has 0 unspecified atom stereocenters. The monoisotopic (exact) mass is 390 g/mol. The highest BCUT2D eigenvalue weighted by molar-refractivity contribution is 6.01. The van der Waals surface area contributed by atoms with Gasteiger partial charge in [0.15, 0.2) is 0 Å². The fourth-order valence-electron chi connectivity index (χ4n) is 3.63. The van der Waals surface area contributed by atoms with Crippen LogP contribution in [0.1, 0.15) is 16.1 Å². The van der Waals surface area contributed by atoms with Crippen molar-refractivity contribution in [3.8, 4) is 16.9 Å². The Bertz CT molecular complexity index is 948. The topological polar surface area (TPSA) is 59.4 Å². The summed E-state index contributed by atoms with van der Waals surface area (Å²) < 4.78 is 7.23. The number of para-hydroxylation sites is 1. The molecule has 6 nitrogen and oxygen atoms in total. The van der Waals surface area contributed by atoms with E-state index in [1.54, 1.807) is 0 Å². The number of rotatable bonds is 6. The number of nitrogens with zero attached hydrogens (tertiary/aromatic N) is 3. The van der Waals surface area contributed by atoms with Crippen LogP contribution >= 0.6 is 0 Å². The van der Waals surface area contributed by atoms with Crippen LogP contribution in [-0.4, -0.2) is 60.0 Å². The lowest BCUT2D eigenvalue weighted by Crippen LogP contribution is -2.41. The zero-order valence-corrected chi connectivity index (χ0v) is 16.7. The van der Waals surface area contributed by atoms with Gasteiger partial charge in [0.1, 0.15) is 5.69 Å². The Labute approximate surface area is 171 Å². The van der Waals surface area contributed by atoms with Gasteiger partial charge in [-0.25, -0.2) is 4.68 Å². The Morgan fingerprint density at radius 2 is 1.69 bits per heavy atom. The van der Waals surface area contributed by atoms with Gasteiger partial charge in [0, 0.05) is 31.7 Å². The average molecular weight is 390 g/mol. The minimum absolute atomic E-state index is 0.0863. The van der Waals surface area contributed by atoms with E-state index in [0.29, 0.717) is 17.8 Å². The highest BCUT2D eigenvalue weighted by atomic mass is 16.5. The van der Waals surface area contributed by atoms with Gasteiger partial charge in [0.25, 0.3) is 5.91 Å². The summed E-state index contributed by atoms with van der Waals surface area (Å²) in [6.07, 6.45) is 0. The van der Waals surface area contributed by atoms with Crippen LogP contribution in [0.4, 0.5) is 0 Å². The molecule has 0 saturated carbocycles. The lowest BCUT2D eigenvalue weighted by Gasteiger charge is -2.26. The van der Waals surface area contributed by atoms with E-state index in [-0.39, 0.29) is 5.91 Å². The molecule has 1 fully saturated rings. The van der Waals surface area contributed by atoms with Crippen LogP contribution in [0.2, 0.25) is 0 Å². The molecule has 1 amide bonds. The number of morpholine rings is 1. The van der Waals surface area contributed by atoms with E-state index in [0.717, 1.165) is 49.8 Å². The van der Waals surface area contributed by atoms with Crippen LogP contribution in [-0.2, 0) is 4.74 Å². The maximum absolute atomic E-state index is 13.1. The van der Waals surface area contributed by atoms with E-state index < -0.39 is 0 Å². The van der Waals surface area contributed by atoms with Crippen molar-refractivity contribution in [2.75, 3.05) is 39.4 Å². The Morgan fingerprint density at radius 1 is 1.03 bits per heavy atom. The molecule has 0 aliphatic carbocycles. The molecule has 1 aliphatic rings. The Hall–Kier alpha value is -2.96. The van der Waals surface area contributed by atoms with Crippen molar-refractivity contribution in [3.05, 3.63) is 71.9 Å². The van der Waals surface area contributed by atoms with E-state index in [1.807, 2.05) is 72.3 Å². The summed E-state index contributed by atoms with van der Waals surface area (Å²) in [7, 11) is 0. The number of hydrogen-bond donors (Lipinski definition) is 1. The lowest BCUT2D eigenvalue weighted by atomic mass is 10.1. The number of carbonyl (C=O) groups is 1. The zero-order chi connectivity index (χ0) is 20.1. The number of amides is 1. The third-order valence-electron chi connectivity index (χ3n) is 5.21. The summed E-state index contributed by atoms with van der Waals surface area (Å²) in [5.41, 5.74) is 4.04. The second kappa shape index (κ2) is 9.03. The number of hydrogen-bond acceptors (Lipinski definition) is 4. The van der Waals surface area contributed by atoms with Gasteiger partial charge in [0.2, 0.25) is 0 Å². The van der Waals surface area contributed by atoms with Crippen LogP contribution in [0.5, 0.6) is 0 Å². The number of ether oxygens (including phenoxy) is 1. The highest BCUT2D eigenvalue weighted by Gasteiger charge is 2.23. The number of benzene rings is 2. The van der Waals surface area contributed by atoms with Crippen molar-refractivity contribution < 1.29 is 9.53 Å². The van der Waals surface area contributed by atoms with E-state index in [2.05, 4.69) is 10.2 Å². The van der Waals surface area contributed by atoms with Gasteiger partial charge >= 0.3 is 0 Å². The minimum Gasteiger partial charge on any atom is -0.379 e. The minimum atomic E-state index is -0.0863. The molecule has 0 atom stereocenters. The van der Waals surface area contributed by atoms with Crippen molar-refractivity contribution in [2.24, 2.45) is 0 Å². The van der Waals surface area contributed by atoms with Crippen molar-refractivity contribution in [1.29, 1.82) is 0 Å². The van der Waals surface area contributed by atoms with Gasteiger partial charge in [-0.1, -0.05) is 48.5 Å². The van der Waals surface area contributed by atoms with E-state index in [9.17, 15) is 4.79 Å². The number of aromatic nitrogens is 2. The van der Waals surface area contributed by atoms with Crippen molar-refractivity contribution in [1.82, 2.24) is 20.0 Å².